The van der Waals surface area contributed by atoms with E-state index in [0.29, 0.717) is 32.1 Å². The summed E-state index contributed by atoms with van der Waals surface area (Å²) in [5.41, 5.74) is 4.95. The Balaban J connectivity index is 1.01. The number of para-hydroxylation sites is 1. The van der Waals surface area contributed by atoms with Gasteiger partial charge in [0, 0.05) is 68.7 Å². The lowest BCUT2D eigenvalue weighted by atomic mass is 9.91. The van der Waals surface area contributed by atoms with Crippen LogP contribution in [0.15, 0.2) is 72.9 Å². The molecule has 0 aliphatic carbocycles. The van der Waals surface area contributed by atoms with Crippen molar-refractivity contribution in [3.8, 4) is 11.3 Å². The SMILES string of the molecule is O=C(C[C@@H](Cc1cccc(-c2ccccn2)c1)C(=O)N1CCC(N2CCCCC2)CC1)N1CCC(N2Cc3ccccc3NC2=O)CC1. The fourth-order valence-electron chi connectivity index (χ4n) is 8.20. The molecular formula is C39H48N6O3. The highest BCUT2D eigenvalue weighted by atomic mass is 16.2. The molecule has 2 aromatic carbocycles. The van der Waals surface area contributed by atoms with Gasteiger partial charge in [0.05, 0.1) is 11.6 Å². The van der Waals surface area contributed by atoms with Gasteiger partial charge in [-0.15, -0.1) is 0 Å². The van der Waals surface area contributed by atoms with Crippen LogP contribution in [0, 0.1) is 5.92 Å². The molecule has 3 saturated heterocycles. The Morgan fingerprint density at radius 3 is 2.29 bits per heavy atom. The number of urea groups is 1. The first-order valence-corrected chi connectivity index (χ1v) is 18.0. The summed E-state index contributed by atoms with van der Waals surface area (Å²) < 4.78 is 0. The number of nitrogens with one attached hydrogen (secondary N) is 1. The van der Waals surface area contributed by atoms with Gasteiger partial charge < -0.3 is 24.9 Å². The van der Waals surface area contributed by atoms with Crippen LogP contribution in [0.2, 0.25) is 0 Å². The van der Waals surface area contributed by atoms with Gasteiger partial charge in [-0.25, -0.2) is 4.79 Å². The van der Waals surface area contributed by atoms with Crippen LogP contribution >= 0.6 is 0 Å². The summed E-state index contributed by atoms with van der Waals surface area (Å²) in [7, 11) is 0. The highest BCUT2D eigenvalue weighted by molar-refractivity contribution is 5.92. The average molecular weight is 649 g/mol. The summed E-state index contributed by atoms with van der Waals surface area (Å²) in [5.74, 6) is -0.295. The maximum atomic E-state index is 14.2. The van der Waals surface area contributed by atoms with E-state index >= 15 is 0 Å². The quantitative estimate of drug-likeness (QED) is 0.333. The van der Waals surface area contributed by atoms with E-state index in [4.69, 9.17) is 0 Å². The van der Waals surface area contributed by atoms with Crippen molar-refractivity contribution in [2.24, 2.45) is 5.92 Å². The highest BCUT2D eigenvalue weighted by Crippen LogP contribution is 2.29. The topological polar surface area (TPSA) is 89.1 Å². The molecule has 3 fully saturated rings. The molecule has 9 heteroatoms. The number of piperidine rings is 3. The summed E-state index contributed by atoms with van der Waals surface area (Å²) >= 11 is 0. The molecule has 1 aromatic heterocycles. The van der Waals surface area contributed by atoms with Crippen LogP contribution in [0.4, 0.5) is 10.5 Å². The van der Waals surface area contributed by atoms with Crippen LogP contribution in [-0.4, -0.2) is 93.8 Å². The van der Waals surface area contributed by atoms with Gasteiger partial charge in [-0.3, -0.25) is 14.6 Å². The van der Waals surface area contributed by atoms with E-state index in [0.717, 1.165) is 66.8 Å². The fraction of sp³-hybridized carbons (Fsp3) is 0.487. The second-order valence-corrected chi connectivity index (χ2v) is 14.0. The molecule has 4 amide bonds. The van der Waals surface area contributed by atoms with Crippen molar-refractivity contribution in [3.63, 3.8) is 0 Å². The molecular weight excluding hydrogens is 600 g/mol. The van der Waals surface area contributed by atoms with Crippen molar-refractivity contribution in [2.75, 3.05) is 44.6 Å². The molecule has 3 aromatic rings. The van der Waals surface area contributed by atoms with Crippen LogP contribution in [0.25, 0.3) is 11.3 Å². The maximum Gasteiger partial charge on any atom is 0.322 e. The Kier molecular flexibility index (Phi) is 10.0. The molecule has 1 atom stereocenters. The number of anilines is 1. The second kappa shape index (κ2) is 14.9. The molecule has 0 radical (unpaired) electrons. The Bertz CT molecular complexity index is 1580. The third kappa shape index (κ3) is 7.41. The first-order valence-electron chi connectivity index (χ1n) is 18.0. The largest absolute Gasteiger partial charge is 0.343 e. The lowest BCUT2D eigenvalue weighted by Crippen LogP contribution is -2.52. The minimum absolute atomic E-state index is 0.0318. The van der Waals surface area contributed by atoms with Crippen molar-refractivity contribution >= 4 is 23.5 Å². The normalized spacial score (nSPS) is 20.2. The summed E-state index contributed by atoms with van der Waals surface area (Å²) in [6, 6.07) is 22.6. The summed E-state index contributed by atoms with van der Waals surface area (Å²) in [6.07, 6.45) is 9.85. The van der Waals surface area contributed by atoms with E-state index in [1.165, 1.54) is 32.4 Å². The molecule has 4 aliphatic heterocycles. The predicted molar refractivity (Wildman–Crippen MR) is 187 cm³/mol. The Labute approximate surface area is 284 Å². The molecule has 1 N–H and O–H groups in total. The standard InChI is InChI=1S/C39H48N6O3/c46-37(43-21-16-34(17-22-43)45-28-31-10-2-3-13-36(31)41-39(45)48)27-32(26-29-9-8-11-30(25-29)35-12-4-5-18-40-35)38(47)44-23-14-33(15-24-44)42-19-6-1-7-20-42/h2-5,8-13,18,25,32-34H,1,6-7,14-17,19-24,26-28H2,(H,41,48)/t32-/m1/s1. The van der Waals surface area contributed by atoms with Crippen LogP contribution in [-0.2, 0) is 22.6 Å². The van der Waals surface area contributed by atoms with Crippen LogP contribution in [0.5, 0.6) is 0 Å². The van der Waals surface area contributed by atoms with Gasteiger partial charge in [-0.1, -0.05) is 48.9 Å². The summed E-state index contributed by atoms with van der Waals surface area (Å²) in [6.45, 7) is 5.63. The van der Waals surface area contributed by atoms with Crippen molar-refractivity contribution in [2.45, 2.75) is 76.4 Å². The summed E-state index contributed by atoms with van der Waals surface area (Å²) in [5, 5.41) is 3.03. The first-order chi connectivity index (χ1) is 23.5. The van der Waals surface area contributed by atoms with Crippen molar-refractivity contribution in [3.05, 3.63) is 84.1 Å². The maximum absolute atomic E-state index is 14.2. The van der Waals surface area contributed by atoms with Gasteiger partial charge in [0.1, 0.15) is 0 Å². The monoisotopic (exact) mass is 648 g/mol. The fourth-order valence-corrected chi connectivity index (χ4v) is 8.20. The number of fused-ring (bicyclic) bond motifs is 1. The zero-order valence-corrected chi connectivity index (χ0v) is 27.9. The van der Waals surface area contributed by atoms with Gasteiger partial charge in [0.15, 0.2) is 0 Å². The van der Waals surface area contributed by atoms with Gasteiger partial charge in [0.25, 0.3) is 0 Å². The van der Waals surface area contributed by atoms with E-state index < -0.39 is 5.92 Å². The molecule has 7 rings (SSSR count). The van der Waals surface area contributed by atoms with E-state index in [-0.39, 0.29) is 30.3 Å². The molecule has 4 aliphatic rings. The molecule has 5 heterocycles. The predicted octanol–water partition coefficient (Wildman–Crippen LogP) is 5.81. The lowest BCUT2D eigenvalue weighted by molar-refractivity contribution is -0.143. The number of hydrogen-bond acceptors (Lipinski definition) is 5. The Hall–Kier alpha value is -4.24. The first kappa shape index (κ1) is 32.3. The average Bonchev–Trinajstić information content (AvgIpc) is 3.15. The minimum Gasteiger partial charge on any atom is -0.343 e. The van der Waals surface area contributed by atoms with E-state index in [2.05, 4.69) is 33.4 Å². The number of likely N-dealkylation sites (tertiary alicyclic amines) is 3. The molecule has 48 heavy (non-hydrogen) atoms. The van der Waals surface area contributed by atoms with Gasteiger partial charge in [-0.05, 0) is 93.4 Å². The molecule has 0 bridgehead atoms. The summed E-state index contributed by atoms with van der Waals surface area (Å²) in [4.78, 5) is 54.1. The number of pyridine rings is 1. The minimum atomic E-state index is -0.426. The van der Waals surface area contributed by atoms with Crippen LogP contribution < -0.4 is 5.32 Å². The van der Waals surface area contributed by atoms with Crippen LogP contribution in [0.1, 0.15) is 62.5 Å². The highest BCUT2D eigenvalue weighted by Gasteiger charge is 2.36. The third-order valence-electron chi connectivity index (χ3n) is 10.9. The molecule has 0 unspecified atom stereocenters. The van der Waals surface area contributed by atoms with Gasteiger partial charge in [0.2, 0.25) is 11.8 Å². The van der Waals surface area contributed by atoms with Gasteiger partial charge in [-0.2, -0.15) is 0 Å². The number of amides is 4. The van der Waals surface area contributed by atoms with Crippen molar-refractivity contribution in [1.82, 2.24) is 24.6 Å². The Morgan fingerprint density at radius 2 is 1.52 bits per heavy atom. The number of carbonyl (C=O) groups excluding carboxylic acids is 3. The zero-order valence-electron chi connectivity index (χ0n) is 27.9. The lowest BCUT2D eigenvalue weighted by Gasteiger charge is -2.41. The van der Waals surface area contributed by atoms with E-state index in [1.807, 2.05) is 63.2 Å². The number of benzene rings is 2. The van der Waals surface area contributed by atoms with E-state index in [9.17, 15) is 14.4 Å². The molecule has 0 spiro atoms. The smallest absolute Gasteiger partial charge is 0.322 e. The van der Waals surface area contributed by atoms with Gasteiger partial charge >= 0.3 is 6.03 Å². The van der Waals surface area contributed by atoms with Crippen LogP contribution in [0.3, 0.4) is 0 Å². The number of hydrogen-bond donors (Lipinski definition) is 1. The molecule has 252 valence electrons. The Morgan fingerprint density at radius 1 is 0.792 bits per heavy atom. The number of aromatic nitrogens is 1. The number of nitrogens with zero attached hydrogens (tertiary/aromatic N) is 5. The zero-order chi connectivity index (χ0) is 32.9. The molecule has 9 nitrogen and oxygen atoms in total. The van der Waals surface area contributed by atoms with Crippen molar-refractivity contribution in [1.29, 1.82) is 0 Å². The number of rotatable bonds is 8. The molecule has 0 saturated carbocycles. The van der Waals surface area contributed by atoms with E-state index in [1.54, 1.807) is 6.20 Å². The second-order valence-electron chi connectivity index (χ2n) is 14.0. The number of carbonyl (C=O) groups is 3. The van der Waals surface area contributed by atoms with Crippen molar-refractivity contribution < 1.29 is 14.4 Å². The third-order valence-corrected chi connectivity index (χ3v) is 10.9.